The monoisotopic (exact) mass is 1930 g/mol. The molecule has 27 aromatic rings. The summed E-state index contributed by atoms with van der Waals surface area (Å²) in [4.78, 5) is 51.2. The molecule has 0 atom stereocenters. The predicted molar refractivity (Wildman–Crippen MR) is 590 cm³/mol. The van der Waals surface area contributed by atoms with Gasteiger partial charge >= 0.3 is 17.1 Å². The van der Waals surface area contributed by atoms with Gasteiger partial charge in [-0.3, -0.25) is 77.5 Å². The number of nitrogens with zero attached hydrogens (tertiary/aromatic N) is 24. The molecule has 16 aromatic carbocycles. The van der Waals surface area contributed by atoms with E-state index in [2.05, 4.69) is 523 Å². The Morgan fingerprint density at radius 1 is 0.166 bits per heavy atom. The molecule has 2 aliphatic heterocycles. The van der Waals surface area contributed by atoms with Gasteiger partial charge in [0.1, 0.15) is 0 Å². The second-order valence-electron chi connectivity index (χ2n) is 37.4. The van der Waals surface area contributed by atoms with Crippen molar-refractivity contribution in [1.82, 2.24) is 77.3 Å². The summed E-state index contributed by atoms with van der Waals surface area (Å²) in [5.41, 5.74) is 18.2. The van der Waals surface area contributed by atoms with E-state index in [0.717, 1.165) is 176 Å². The summed E-state index contributed by atoms with van der Waals surface area (Å²) in [5.74, 6) is 1.27. The molecule has 29 rings (SSSR count). The Bertz CT molecular complexity index is 9170. The molecule has 0 saturated carbocycles. The third-order valence-electron chi connectivity index (χ3n) is 29.9. The molecule has 0 fully saturated rings. The van der Waals surface area contributed by atoms with Gasteiger partial charge in [-0.15, -0.1) is 0 Å². The molecule has 8 bridgehead atoms. The van der Waals surface area contributed by atoms with Crippen LogP contribution in [0.25, 0.3) is 220 Å². The van der Waals surface area contributed by atoms with Gasteiger partial charge in [0.05, 0.1) is 113 Å². The van der Waals surface area contributed by atoms with Crippen LogP contribution in [0, 0.1) is 0 Å². The van der Waals surface area contributed by atoms with Crippen molar-refractivity contribution in [3.8, 4) is 45.6 Å². The number of para-hydroxylation sites is 8. The normalized spacial score (nSPS) is 12.1. The van der Waals surface area contributed by atoms with Crippen molar-refractivity contribution < 1.29 is 17.1 Å². The summed E-state index contributed by atoms with van der Waals surface area (Å²) >= 11 is 0. The fraction of sp³-hybridized carbons (Fsp3) is 0.0667. The fourth-order valence-electron chi connectivity index (χ4n) is 23.4. The van der Waals surface area contributed by atoms with Crippen molar-refractivity contribution in [3.05, 3.63) is 389 Å². The molecule has 1 radical (unpaired) electrons. The molecule has 145 heavy (non-hydrogen) atoms. The van der Waals surface area contributed by atoms with Crippen LogP contribution in [0.15, 0.2) is 389 Å². The average Bonchev–Trinajstić information content (AvgIpc) is 1.55. The molecule has 0 amide bonds. The number of benzene rings is 16. The van der Waals surface area contributed by atoms with Crippen LogP contribution in [-0.2, 0) is 17.1 Å². The first kappa shape index (κ1) is 84.2. The quantitative estimate of drug-likeness (QED) is 0.0660. The molecule has 0 N–H and O–H groups in total. The maximum Gasteiger partial charge on any atom is 2.00 e. The van der Waals surface area contributed by atoms with Crippen LogP contribution >= 0.6 is 0 Å². The summed E-state index contributed by atoms with van der Waals surface area (Å²) in [6, 6.07) is 121. The number of hydrogen-bond acceptors (Lipinski definition) is 14. The van der Waals surface area contributed by atoms with Crippen molar-refractivity contribution in [1.29, 1.82) is 0 Å². The van der Waals surface area contributed by atoms with Crippen molar-refractivity contribution in [2.75, 3.05) is 96.5 Å². The van der Waals surface area contributed by atoms with Crippen LogP contribution in [0.3, 0.4) is 0 Å². The van der Waals surface area contributed by atoms with Gasteiger partial charge < -0.3 is 29.9 Å². The van der Waals surface area contributed by atoms with Gasteiger partial charge in [-0.1, -0.05) is 243 Å². The Morgan fingerprint density at radius 3 is 0.469 bits per heavy atom. The summed E-state index contributed by atoms with van der Waals surface area (Å²) in [6.45, 7) is 0. The average molecular weight is 1930 g/mol. The Kier molecular flexibility index (Phi) is 18.7. The Hall–Kier alpha value is -18.8. The smallest absolute Gasteiger partial charge is 0.357 e. The molecule has 0 spiro atoms. The van der Waals surface area contributed by atoms with E-state index < -0.39 is 0 Å². The van der Waals surface area contributed by atoms with E-state index >= 15 is 0 Å². The van der Waals surface area contributed by atoms with Crippen LogP contribution in [0.2, 0.25) is 0 Å². The maximum atomic E-state index is 6.48. The van der Waals surface area contributed by atoms with Crippen LogP contribution in [0.1, 0.15) is 0 Å². The number of rotatable bonds is 16. The fourth-order valence-corrected chi connectivity index (χ4v) is 23.4. The third-order valence-corrected chi connectivity index (χ3v) is 29.9. The van der Waals surface area contributed by atoms with Crippen LogP contribution in [-0.4, -0.2) is 124 Å². The third kappa shape index (κ3) is 12.3. The second-order valence-corrected chi connectivity index (χ2v) is 37.4. The minimum atomic E-state index is 0. The second kappa shape index (κ2) is 32.1. The Morgan fingerprint density at radius 2 is 0.303 bits per heavy atom. The zero-order valence-corrected chi connectivity index (χ0v) is 80.9. The van der Waals surface area contributed by atoms with E-state index in [4.69, 9.17) is 39.9 Å². The predicted octanol–water partition coefficient (Wildman–Crippen LogP) is 25.6. The summed E-state index contributed by atoms with van der Waals surface area (Å²) in [6.07, 6.45) is 17.2. The minimum Gasteiger partial charge on any atom is -0.357 e. The van der Waals surface area contributed by atoms with Crippen molar-refractivity contribution >= 4 is 220 Å². The number of aromatic nitrogens is 16. The standard InChI is InChI=1S/C120H88N24.Cu/c1-129(137-65-57-73-33-9-25-49-89(73)137)105-81-41-17-18-42-82(81)106(130(2)138-66-58-74-34-10-26-50-90(74)138)98-97(105)113-121-114(98)126-116-101-102(110(134(6)142-70-62-78-38-14-30-54-94(78)142)86-46-22-21-45-85(86)109(101)133(5)141-69-61-77-37-13-29-53-93(77)141)118(123-116)128-120-104-103(111(135(7)143-71-63-79-39-15-31-55-95(79)143)87-47-23-24-48-88(87)112(104)136(8)144-72-64-80-40-16-32-56-96(80)144)119(124-120)127-117-100-99(115(122-117)125-113)107(131(3)139-67-59-75-35-11-27-51-91(75)139)83-43-19-20-44-84(83)108(100)132(4)140-68-60-76-36-12-28-52-92(76)140;/h9-72H,1-8H3;/q-2;+2. The van der Waals surface area contributed by atoms with Gasteiger partial charge in [-0.2, -0.15) is 0 Å². The maximum absolute atomic E-state index is 6.48. The molecule has 0 aliphatic carbocycles. The number of fused-ring (bicyclic) bond motifs is 32. The van der Waals surface area contributed by atoms with Gasteiger partial charge in [0.15, 0.2) is 0 Å². The summed E-state index contributed by atoms with van der Waals surface area (Å²) in [5, 5.41) is 36.5. The number of anilines is 8. The molecule has 2 aliphatic rings. The van der Waals surface area contributed by atoms with E-state index in [1.807, 2.05) is 0 Å². The molecular weight excluding hydrogens is 1840 g/mol. The molecule has 13 heterocycles. The molecular formula is C120H88CuN24. The summed E-state index contributed by atoms with van der Waals surface area (Å²) < 4.78 is 17.9. The van der Waals surface area contributed by atoms with Gasteiger partial charge in [0, 0.05) is 259 Å². The zero-order chi connectivity index (χ0) is 95.9. The van der Waals surface area contributed by atoms with E-state index in [-0.39, 0.29) is 17.1 Å². The first-order valence-electron chi connectivity index (χ1n) is 48.3. The van der Waals surface area contributed by atoms with E-state index in [0.29, 0.717) is 89.7 Å². The van der Waals surface area contributed by atoms with Gasteiger partial charge in [0.2, 0.25) is 0 Å². The van der Waals surface area contributed by atoms with E-state index in [1.165, 1.54) is 0 Å². The van der Waals surface area contributed by atoms with Crippen molar-refractivity contribution in [2.24, 2.45) is 0 Å². The molecule has 24 nitrogen and oxygen atoms in total. The molecule has 699 valence electrons. The number of hydrogen-bond donors (Lipinski definition) is 0. The molecule has 0 unspecified atom stereocenters. The van der Waals surface area contributed by atoms with Crippen LogP contribution in [0.4, 0.5) is 45.5 Å². The van der Waals surface area contributed by atoms with E-state index in [1.54, 1.807) is 0 Å². The van der Waals surface area contributed by atoms with E-state index in [9.17, 15) is 0 Å². The van der Waals surface area contributed by atoms with Crippen molar-refractivity contribution in [3.63, 3.8) is 0 Å². The largest absolute Gasteiger partial charge is 2.00 e. The Labute approximate surface area is 839 Å². The molecule has 0 saturated heterocycles. The van der Waals surface area contributed by atoms with Crippen LogP contribution < -0.4 is 50.0 Å². The van der Waals surface area contributed by atoms with Crippen molar-refractivity contribution in [2.45, 2.75) is 0 Å². The van der Waals surface area contributed by atoms with Gasteiger partial charge in [0.25, 0.3) is 0 Å². The first-order valence-corrected chi connectivity index (χ1v) is 48.3. The topological polar surface area (TPSA) is 171 Å². The van der Waals surface area contributed by atoms with Gasteiger partial charge in [-0.25, -0.2) is 9.97 Å². The Balaban J connectivity index is 0.0000102. The first-order chi connectivity index (χ1) is 70.8. The minimum absolute atomic E-state index is 0. The summed E-state index contributed by atoms with van der Waals surface area (Å²) in [7, 11) is 17.2. The molecule has 25 heteroatoms. The van der Waals surface area contributed by atoms with Gasteiger partial charge in [-0.05, 0) is 97.1 Å². The molecule has 11 aromatic heterocycles. The zero-order valence-electron chi connectivity index (χ0n) is 80.0. The SMILES string of the molecule is CN(c1c2c(c(N(C)n3ccc4ccccc43)c3ccccc13)-c1nc-2nc2[n-]c(nc3nc(nc4[n-]c(n1)c1c(N(C)n5ccc6ccccc65)c5ccccc5c(N(C)n5ccc6ccccc65)c41)-c1c-3c(N(C)n3ccc4ccccc43)c3ccccc3c1N(C)n1ccc3ccccc31)c1c(N(C)n3ccc4ccccc43)c3ccccc3c(N(C)n3ccc4ccccc43)c21)n1ccc2ccccc21.[Cu+2]. The van der Waals surface area contributed by atoms with Crippen LogP contribution in [0.5, 0.6) is 0 Å².